The maximum atomic E-state index is 12.8. The minimum atomic E-state index is -4.50. The molecule has 0 fully saturated rings. The highest BCUT2D eigenvalue weighted by molar-refractivity contribution is 6.26. The quantitative estimate of drug-likeness (QED) is 0.404. The number of benzene rings is 1. The summed E-state index contributed by atoms with van der Waals surface area (Å²) in [5.41, 5.74) is 3.85. The standard InChI is InChI=1S/C15H22F3NO3Si2/c1-14(2,13(21-23-3)22-24-4)7-8-20-10-5-6-12(19)11(9-10)15(16,17)18/h5-6,9,13H,7-8,19H2,1-4H3. The van der Waals surface area contributed by atoms with Crippen molar-refractivity contribution < 1.29 is 26.8 Å². The average Bonchev–Trinajstić information content (AvgIpc) is 2.47. The van der Waals surface area contributed by atoms with E-state index < -0.39 is 11.7 Å². The van der Waals surface area contributed by atoms with Crippen LogP contribution in [-0.4, -0.2) is 32.4 Å². The number of alkyl halides is 3. The Morgan fingerprint density at radius 2 is 1.71 bits per heavy atom. The molecule has 24 heavy (non-hydrogen) atoms. The van der Waals surface area contributed by atoms with Gasteiger partial charge in [-0.05, 0) is 37.7 Å². The average molecular weight is 378 g/mol. The number of anilines is 1. The SMILES string of the molecule is C[Si]OC(O[Si]C)C(C)(C)CCOc1ccc(N)c(C(F)(F)F)c1. The van der Waals surface area contributed by atoms with Crippen LogP contribution in [0.2, 0.25) is 13.1 Å². The lowest BCUT2D eigenvalue weighted by Gasteiger charge is -2.33. The number of nitrogen functional groups attached to an aromatic ring is 1. The smallest absolute Gasteiger partial charge is 0.418 e. The van der Waals surface area contributed by atoms with E-state index in [1.807, 2.05) is 26.9 Å². The Kier molecular flexibility index (Phi) is 7.78. The Morgan fingerprint density at radius 1 is 1.12 bits per heavy atom. The van der Waals surface area contributed by atoms with E-state index in [1.54, 1.807) is 0 Å². The van der Waals surface area contributed by atoms with Crippen molar-refractivity contribution in [3.63, 3.8) is 0 Å². The first-order valence-electron chi connectivity index (χ1n) is 7.36. The summed E-state index contributed by atoms with van der Waals surface area (Å²) in [6.07, 6.45) is -4.30. The largest absolute Gasteiger partial charge is 0.494 e. The van der Waals surface area contributed by atoms with Crippen LogP contribution in [0.1, 0.15) is 25.8 Å². The first-order valence-corrected chi connectivity index (χ1v) is 10.2. The van der Waals surface area contributed by atoms with E-state index >= 15 is 0 Å². The highest BCUT2D eigenvalue weighted by atomic mass is 28.2. The Balaban J connectivity index is 2.69. The molecule has 0 heterocycles. The van der Waals surface area contributed by atoms with Crippen LogP contribution in [0.15, 0.2) is 18.2 Å². The summed E-state index contributed by atoms with van der Waals surface area (Å²) in [5.74, 6) is 0.139. The van der Waals surface area contributed by atoms with Crippen LogP contribution in [0.25, 0.3) is 0 Å². The van der Waals surface area contributed by atoms with Crippen molar-refractivity contribution in [2.45, 2.75) is 45.8 Å². The van der Waals surface area contributed by atoms with Crippen molar-refractivity contribution in [2.24, 2.45) is 5.41 Å². The second-order valence-electron chi connectivity index (χ2n) is 5.81. The summed E-state index contributed by atoms with van der Waals surface area (Å²) in [5, 5.41) is 0. The van der Waals surface area contributed by atoms with E-state index in [0.29, 0.717) is 6.42 Å². The van der Waals surface area contributed by atoms with Crippen molar-refractivity contribution >= 4 is 25.2 Å². The third kappa shape index (κ3) is 6.12. The van der Waals surface area contributed by atoms with Gasteiger partial charge in [-0.15, -0.1) is 0 Å². The molecule has 0 aromatic heterocycles. The second kappa shape index (κ2) is 8.88. The molecule has 4 radical (unpaired) electrons. The fraction of sp³-hybridized carbons (Fsp3) is 0.600. The van der Waals surface area contributed by atoms with E-state index in [1.165, 1.54) is 12.1 Å². The molecule has 4 nitrogen and oxygen atoms in total. The number of rotatable bonds is 9. The van der Waals surface area contributed by atoms with Crippen LogP contribution in [0.5, 0.6) is 5.75 Å². The molecule has 0 spiro atoms. The molecule has 0 amide bonds. The lowest BCUT2D eigenvalue weighted by Crippen LogP contribution is -2.37. The second-order valence-corrected chi connectivity index (χ2v) is 7.10. The van der Waals surface area contributed by atoms with Gasteiger partial charge in [0, 0.05) is 11.1 Å². The van der Waals surface area contributed by atoms with Gasteiger partial charge in [0.1, 0.15) is 12.0 Å². The van der Waals surface area contributed by atoms with Crippen molar-refractivity contribution in [3.8, 4) is 5.75 Å². The molecular formula is C15H22F3NO3Si2. The van der Waals surface area contributed by atoms with Gasteiger partial charge in [-0.1, -0.05) is 13.8 Å². The maximum absolute atomic E-state index is 12.8. The summed E-state index contributed by atoms with van der Waals surface area (Å²) in [6.45, 7) is 8.03. The number of hydrogen-bond acceptors (Lipinski definition) is 4. The monoisotopic (exact) mass is 377 g/mol. The fourth-order valence-corrected chi connectivity index (χ4v) is 3.24. The van der Waals surface area contributed by atoms with E-state index in [0.717, 1.165) is 6.07 Å². The number of ether oxygens (including phenoxy) is 1. The zero-order valence-corrected chi connectivity index (χ0v) is 16.2. The Bertz CT molecular complexity index is 521. The minimum absolute atomic E-state index is 0.139. The van der Waals surface area contributed by atoms with Gasteiger partial charge in [0.05, 0.1) is 12.2 Å². The molecule has 9 heteroatoms. The fourth-order valence-electron chi connectivity index (χ4n) is 1.98. The first-order chi connectivity index (χ1) is 11.1. The van der Waals surface area contributed by atoms with E-state index in [-0.39, 0.29) is 49.3 Å². The normalized spacial score (nSPS) is 12.7. The molecular weight excluding hydrogens is 355 g/mol. The molecule has 0 aliphatic carbocycles. The van der Waals surface area contributed by atoms with Gasteiger partial charge < -0.3 is 19.3 Å². The van der Waals surface area contributed by atoms with Gasteiger partial charge in [0.15, 0.2) is 0 Å². The minimum Gasteiger partial charge on any atom is -0.494 e. The Morgan fingerprint density at radius 3 is 2.21 bits per heavy atom. The molecule has 0 saturated heterocycles. The van der Waals surface area contributed by atoms with Crippen molar-refractivity contribution in [1.82, 2.24) is 0 Å². The number of hydrogen-bond donors (Lipinski definition) is 1. The van der Waals surface area contributed by atoms with Crippen LogP contribution in [-0.2, 0) is 15.0 Å². The Labute approximate surface area is 145 Å². The molecule has 0 atom stereocenters. The van der Waals surface area contributed by atoms with Gasteiger partial charge in [-0.2, -0.15) is 13.2 Å². The molecule has 0 saturated carbocycles. The highest BCUT2D eigenvalue weighted by Crippen LogP contribution is 2.36. The predicted molar refractivity (Wildman–Crippen MR) is 88.9 cm³/mol. The van der Waals surface area contributed by atoms with Crippen molar-refractivity contribution in [3.05, 3.63) is 23.8 Å². The van der Waals surface area contributed by atoms with Gasteiger partial charge in [0.25, 0.3) is 0 Å². The molecule has 2 N–H and O–H groups in total. The van der Waals surface area contributed by atoms with Gasteiger partial charge >= 0.3 is 6.18 Å². The van der Waals surface area contributed by atoms with Crippen LogP contribution < -0.4 is 10.5 Å². The highest BCUT2D eigenvalue weighted by Gasteiger charge is 2.34. The number of nitrogens with two attached hydrogens (primary N) is 1. The molecule has 1 aromatic carbocycles. The molecule has 0 aliphatic rings. The van der Waals surface area contributed by atoms with Crippen LogP contribution in [0.3, 0.4) is 0 Å². The van der Waals surface area contributed by atoms with E-state index in [2.05, 4.69) is 0 Å². The molecule has 1 aromatic rings. The summed E-state index contributed by atoms with van der Waals surface area (Å²) in [7, 11) is 0.579. The summed E-state index contributed by atoms with van der Waals surface area (Å²) >= 11 is 0. The number of halogens is 3. The van der Waals surface area contributed by atoms with Crippen LogP contribution >= 0.6 is 0 Å². The van der Waals surface area contributed by atoms with E-state index in [4.69, 9.17) is 19.3 Å². The molecule has 1 rings (SSSR count). The van der Waals surface area contributed by atoms with E-state index in [9.17, 15) is 13.2 Å². The topological polar surface area (TPSA) is 53.7 Å². The zero-order chi connectivity index (χ0) is 18.4. The summed E-state index contributed by atoms with van der Waals surface area (Å²) in [4.78, 5) is 0. The molecule has 0 aliphatic heterocycles. The third-order valence-corrected chi connectivity index (χ3v) is 4.33. The first kappa shape index (κ1) is 21.0. The van der Waals surface area contributed by atoms with Crippen LogP contribution in [0.4, 0.5) is 18.9 Å². The van der Waals surface area contributed by atoms with Gasteiger partial charge in [-0.3, -0.25) is 0 Å². The molecule has 134 valence electrons. The Hall–Kier alpha value is -1.04. The van der Waals surface area contributed by atoms with Crippen molar-refractivity contribution in [2.75, 3.05) is 12.3 Å². The van der Waals surface area contributed by atoms with Gasteiger partial charge in [-0.25, -0.2) is 0 Å². The maximum Gasteiger partial charge on any atom is 0.418 e. The predicted octanol–water partition coefficient (Wildman–Crippen LogP) is 3.78. The summed E-state index contributed by atoms with van der Waals surface area (Å²) in [6, 6.07) is 3.56. The van der Waals surface area contributed by atoms with Crippen LogP contribution in [0, 0.1) is 5.41 Å². The lowest BCUT2D eigenvalue weighted by molar-refractivity contribution is -0.137. The van der Waals surface area contributed by atoms with Gasteiger partial charge in [0.2, 0.25) is 19.5 Å². The van der Waals surface area contributed by atoms with Crippen molar-refractivity contribution in [1.29, 1.82) is 0 Å². The molecule has 0 bridgehead atoms. The zero-order valence-electron chi connectivity index (χ0n) is 14.2. The lowest BCUT2D eigenvalue weighted by atomic mass is 9.89. The summed E-state index contributed by atoms with van der Waals surface area (Å²) < 4.78 is 55.3. The molecule has 0 unspecified atom stereocenters. The third-order valence-electron chi connectivity index (χ3n) is 3.43.